The van der Waals surface area contributed by atoms with E-state index in [0.29, 0.717) is 0 Å². The zero-order valence-electron chi connectivity index (χ0n) is 8.31. The molecule has 0 saturated heterocycles. The Kier molecular flexibility index (Phi) is 1.93. The molecule has 0 spiro atoms. The summed E-state index contributed by atoms with van der Waals surface area (Å²) in [6, 6.07) is 6.33. The Morgan fingerprint density at radius 3 is 2.56 bits per heavy atom. The molecule has 78 valence electrons. The Labute approximate surface area is 91.0 Å². The monoisotopic (exact) mass is 213 g/mol. The van der Waals surface area contributed by atoms with Crippen molar-refractivity contribution in [2.24, 2.45) is 0 Å². The van der Waals surface area contributed by atoms with Crippen LogP contribution in [0.15, 0.2) is 42.9 Å². The highest BCUT2D eigenvalue weighted by Crippen LogP contribution is 2.25. The smallest absolute Gasteiger partial charge is 0.156 e. The Balaban J connectivity index is 2.22. The molecular formula is C12H8FN3. The van der Waals surface area contributed by atoms with Gasteiger partial charge in [-0.2, -0.15) is 0 Å². The van der Waals surface area contributed by atoms with Crippen molar-refractivity contribution in [2.45, 2.75) is 0 Å². The van der Waals surface area contributed by atoms with Crippen LogP contribution in [0, 0.1) is 5.82 Å². The number of hydrogen-bond acceptors (Lipinski definition) is 2. The highest BCUT2D eigenvalue weighted by atomic mass is 19.1. The van der Waals surface area contributed by atoms with Crippen LogP contribution < -0.4 is 0 Å². The summed E-state index contributed by atoms with van der Waals surface area (Å²) in [5.41, 5.74) is 3.40. The first-order valence-corrected chi connectivity index (χ1v) is 4.88. The van der Waals surface area contributed by atoms with Crippen molar-refractivity contribution in [3.8, 4) is 11.1 Å². The molecule has 3 aromatic rings. The lowest BCUT2D eigenvalue weighted by Gasteiger charge is -1.97. The zero-order chi connectivity index (χ0) is 11.0. The normalized spacial score (nSPS) is 10.8. The SMILES string of the molecule is Fc1ccc(-c2c[nH]c3nccnc23)cc1. The van der Waals surface area contributed by atoms with Crippen LogP contribution in [-0.4, -0.2) is 15.0 Å². The molecule has 4 heteroatoms. The molecule has 0 aliphatic carbocycles. The number of hydrogen-bond donors (Lipinski definition) is 1. The molecule has 0 atom stereocenters. The second-order valence-electron chi connectivity index (χ2n) is 3.46. The number of halogens is 1. The quantitative estimate of drug-likeness (QED) is 0.675. The molecule has 2 aromatic heterocycles. The summed E-state index contributed by atoms with van der Waals surface area (Å²) in [4.78, 5) is 11.4. The molecule has 0 radical (unpaired) electrons. The van der Waals surface area contributed by atoms with Gasteiger partial charge in [-0.3, -0.25) is 4.98 Å². The Morgan fingerprint density at radius 2 is 1.75 bits per heavy atom. The van der Waals surface area contributed by atoms with E-state index in [1.54, 1.807) is 24.5 Å². The maximum absolute atomic E-state index is 12.8. The summed E-state index contributed by atoms with van der Waals surface area (Å²) in [6.45, 7) is 0. The zero-order valence-corrected chi connectivity index (χ0v) is 8.31. The van der Waals surface area contributed by atoms with Crippen molar-refractivity contribution >= 4 is 11.2 Å². The average Bonchev–Trinajstić information content (AvgIpc) is 2.74. The molecular weight excluding hydrogens is 205 g/mol. The predicted octanol–water partition coefficient (Wildman–Crippen LogP) is 2.76. The molecule has 1 aromatic carbocycles. The fourth-order valence-electron chi connectivity index (χ4n) is 1.70. The largest absolute Gasteiger partial charge is 0.344 e. The molecule has 0 amide bonds. The molecule has 16 heavy (non-hydrogen) atoms. The van der Waals surface area contributed by atoms with Crippen LogP contribution in [-0.2, 0) is 0 Å². The van der Waals surface area contributed by atoms with Gasteiger partial charge < -0.3 is 4.98 Å². The van der Waals surface area contributed by atoms with Crippen LogP contribution in [0.25, 0.3) is 22.3 Å². The van der Waals surface area contributed by atoms with Gasteiger partial charge in [-0.1, -0.05) is 12.1 Å². The summed E-state index contributed by atoms with van der Waals surface area (Å²) >= 11 is 0. The highest BCUT2D eigenvalue weighted by molar-refractivity contribution is 5.89. The molecule has 1 N–H and O–H groups in total. The average molecular weight is 213 g/mol. The van der Waals surface area contributed by atoms with E-state index < -0.39 is 0 Å². The van der Waals surface area contributed by atoms with Crippen LogP contribution in [0.4, 0.5) is 4.39 Å². The van der Waals surface area contributed by atoms with Crippen LogP contribution in [0.2, 0.25) is 0 Å². The number of aromatic amines is 1. The molecule has 0 bridgehead atoms. The van der Waals surface area contributed by atoms with Gasteiger partial charge in [0.1, 0.15) is 11.3 Å². The first-order chi connectivity index (χ1) is 7.84. The lowest BCUT2D eigenvalue weighted by Crippen LogP contribution is -1.81. The highest BCUT2D eigenvalue weighted by Gasteiger charge is 2.07. The number of fused-ring (bicyclic) bond motifs is 1. The predicted molar refractivity (Wildman–Crippen MR) is 59.3 cm³/mol. The van der Waals surface area contributed by atoms with Crippen molar-refractivity contribution in [3.05, 3.63) is 48.7 Å². The third-order valence-corrected chi connectivity index (χ3v) is 2.46. The van der Waals surface area contributed by atoms with Crippen LogP contribution in [0.3, 0.4) is 0 Å². The lowest BCUT2D eigenvalue weighted by atomic mass is 10.1. The molecule has 0 saturated carbocycles. The first-order valence-electron chi connectivity index (χ1n) is 4.88. The van der Waals surface area contributed by atoms with Crippen molar-refractivity contribution in [1.29, 1.82) is 0 Å². The Hall–Kier alpha value is -2.23. The molecule has 0 unspecified atom stereocenters. The number of rotatable bonds is 1. The maximum atomic E-state index is 12.8. The van der Waals surface area contributed by atoms with E-state index in [2.05, 4.69) is 15.0 Å². The molecule has 2 heterocycles. The minimum absolute atomic E-state index is 0.241. The van der Waals surface area contributed by atoms with E-state index in [9.17, 15) is 4.39 Å². The molecule has 0 fully saturated rings. The van der Waals surface area contributed by atoms with E-state index in [0.717, 1.165) is 22.3 Å². The lowest BCUT2D eigenvalue weighted by molar-refractivity contribution is 0.628. The summed E-state index contributed by atoms with van der Waals surface area (Å²) in [5, 5.41) is 0. The van der Waals surface area contributed by atoms with Crippen molar-refractivity contribution in [2.75, 3.05) is 0 Å². The number of benzene rings is 1. The number of nitrogens with one attached hydrogen (secondary N) is 1. The van der Waals surface area contributed by atoms with Gasteiger partial charge in [0, 0.05) is 24.2 Å². The van der Waals surface area contributed by atoms with Gasteiger partial charge in [0.25, 0.3) is 0 Å². The fraction of sp³-hybridized carbons (Fsp3) is 0. The number of nitrogens with zero attached hydrogens (tertiary/aromatic N) is 2. The van der Waals surface area contributed by atoms with Gasteiger partial charge in [-0.25, -0.2) is 9.37 Å². The second-order valence-corrected chi connectivity index (χ2v) is 3.46. The van der Waals surface area contributed by atoms with Gasteiger partial charge in [0.15, 0.2) is 5.65 Å². The topological polar surface area (TPSA) is 41.6 Å². The fourth-order valence-corrected chi connectivity index (χ4v) is 1.70. The Morgan fingerprint density at radius 1 is 1.00 bits per heavy atom. The molecule has 0 aliphatic rings. The number of aromatic nitrogens is 3. The summed E-state index contributed by atoms with van der Waals surface area (Å²) in [7, 11) is 0. The van der Waals surface area contributed by atoms with Gasteiger partial charge in [0.2, 0.25) is 0 Å². The number of H-pyrrole nitrogens is 1. The third-order valence-electron chi connectivity index (χ3n) is 2.46. The van der Waals surface area contributed by atoms with Crippen LogP contribution in [0.5, 0.6) is 0 Å². The van der Waals surface area contributed by atoms with Crippen molar-refractivity contribution in [1.82, 2.24) is 15.0 Å². The Bertz CT molecular complexity index is 628. The van der Waals surface area contributed by atoms with E-state index in [1.807, 2.05) is 6.20 Å². The van der Waals surface area contributed by atoms with Gasteiger partial charge in [-0.15, -0.1) is 0 Å². The van der Waals surface area contributed by atoms with E-state index in [1.165, 1.54) is 12.1 Å². The maximum Gasteiger partial charge on any atom is 0.156 e. The molecule has 3 rings (SSSR count). The van der Waals surface area contributed by atoms with Crippen LogP contribution >= 0.6 is 0 Å². The van der Waals surface area contributed by atoms with E-state index >= 15 is 0 Å². The summed E-state index contributed by atoms with van der Waals surface area (Å²) < 4.78 is 12.8. The van der Waals surface area contributed by atoms with E-state index in [4.69, 9.17) is 0 Å². The van der Waals surface area contributed by atoms with Gasteiger partial charge in [-0.05, 0) is 17.7 Å². The first kappa shape index (κ1) is 9.03. The van der Waals surface area contributed by atoms with Crippen molar-refractivity contribution < 1.29 is 4.39 Å². The third kappa shape index (κ3) is 1.35. The van der Waals surface area contributed by atoms with Crippen LogP contribution in [0.1, 0.15) is 0 Å². The van der Waals surface area contributed by atoms with Gasteiger partial charge in [0.05, 0.1) is 0 Å². The summed E-state index contributed by atoms with van der Waals surface area (Å²) in [5.74, 6) is -0.241. The van der Waals surface area contributed by atoms with Gasteiger partial charge >= 0.3 is 0 Å². The standard InChI is InChI=1S/C12H8FN3/c13-9-3-1-8(2-4-9)10-7-16-12-11(10)14-5-6-15-12/h1-7H,(H,15,16). The summed E-state index contributed by atoms with van der Waals surface area (Å²) in [6.07, 6.45) is 5.11. The minimum Gasteiger partial charge on any atom is -0.344 e. The molecule has 0 aliphatic heterocycles. The minimum atomic E-state index is -0.241. The van der Waals surface area contributed by atoms with Crippen molar-refractivity contribution in [3.63, 3.8) is 0 Å². The van der Waals surface area contributed by atoms with E-state index in [-0.39, 0.29) is 5.82 Å². The second kappa shape index (κ2) is 3.41. The molecule has 3 nitrogen and oxygen atoms in total.